The Balaban J connectivity index is 0.000000705. The number of aromatic nitrogens is 1. The van der Waals surface area contributed by atoms with E-state index in [9.17, 15) is 13.2 Å². The molecular weight excluding hydrogens is 361 g/mol. The number of carbonyl (C=O) groups excluding carboxylic acids is 1. The lowest BCUT2D eigenvalue weighted by Gasteiger charge is -2.13. The summed E-state index contributed by atoms with van der Waals surface area (Å²) in [4.78, 5) is 12.5. The Kier molecular flexibility index (Phi) is 7.96. The number of para-hydroxylation sites is 1. The summed E-state index contributed by atoms with van der Waals surface area (Å²) in [5.74, 6) is 4.79. The Morgan fingerprint density at radius 2 is 1.92 bits per heavy atom. The zero-order chi connectivity index (χ0) is 18.9. The third kappa shape index (κ3) is 6.48. The van der Waals surface area contributed by atoms with Crippen molar-refractivity contribution in [2.75, 3.05) is 12.4 Å². The minimum atomic E-state index is -4.48. The molecule has 0 saturated heterocycles. The molecule has 10 heteroatoms. The van der Waals surface area contributed by atoms with Gasteiger partial charge in [-0.25, -0.2) is 10.8 Å². The zero-order valence-electron chi connectivity index (χ0n) is 13.1. The molecule has 1 heterocycles. The second-order valence-corrected chi connectivity index (χ2v) is 4.86. The first kappa shape index (κ1) is 20.5. The molecule has 1 amide bonds. The summed E-state index contributed by atoms with van der Waals surface area (Å²) in [6, 6.07) is 8.80. The number of anilines is 1. The highest BCUT2D eigenvalue weighted by atomic mass is 35.5. The van der Waals surface area contributed by atoms with Crippen LogP contribution in [0.3, 0.4) is 0 Å². The van der Waals surface area contributed by atoms with E-state index in [1.54, 1.807) is 30.7 Å². The number of ether oxygens (including phenoxy) is 1. The van der Waals surface area contributed by atoms with E-state index in [1.807, 2.05) is 0 Å². The number of nitrogens with one attached hydrogen (secondary N) is 2. The standard InChI is InChI=1S/C14H12ClF3N2O.CH4N2O/c1-19-11-6-3-5-10(15)13(11)21-8-9-4-2-7-12(20-9)14(16,17)18;2-3-1-4/h2-7,19H,8H2,1H3;1H,2H2,(H,3,4). The number of carbonyl (C=O) groups is 1. The van der Waals surface area contributed by atoms with Gasteiger partial charge in [0.1, 0.15) is 12.3 Å². The SMILES string of the molecule is CNc1cccc(Cl)c1OCc1cccc(C(F)(F)F)n1.NNC=O. The van der Waals surface area contributed by atoms with Crippen LogP contribution in [0.25, 0.3) is 0 Å². The van der Waals surface area contributed by atoms with Gasteiger partial charge in [-0.1, -0.05) is 23.7 Å². The highest BCUT2D eigenvalue weighted by Gasteiger charge is 2.32. The number of hydrogen-bond donors (Lipinski definition) is 3. The highest BCUT2D eigenvalue weighted by Crippen LogP contribution is 2.33. The largest absolute Gasteiger partial charge is 0.484 e. The first-order valence-electron chi connectivity index (χ1n) is 6.85. The second kappa shape index (κ2) is 9.70. The van der Waals surface area contributed by atoms with E-state index in [0.717, 1.165) is 6.07 Å². The molecule has 1 aromatic heterocycles. The molecule has 136 valence electrons. The molecule has 0 bridgehead atoms. The lowest BCUT2D eigenvalue weighted by atomic mass is 10.3. The maximum Gasteiger partial charge on any atom is 0.433 e. The van der Waals surface area contributed by atoms with Crippen LogP contribution in [-0.4, -0.2) is 18.4 Å². The number of benzene rings is 1. The van der Waals surface area contributed by atoms with Gasteiger partial charge in [-0.15, -0.1) is 0 Å². The average molecular weight is 377 g/mol. The normalized spacial score (nSPS) is 10.3. The molecule has 2 aromatic rings. The first-order chi connectivity index (χ1) is 11.8. The molecule has 0 aliphatic heterocycles. The van der Waals surface area contributed by atoms with E-state index in [0.29, 0.717) is 22.9 Å². The Labute approximate surface area is 147 Å². The van der Waals surface area contributed by atoms with E-state index < -0.39 is 11.9 Å². The zero-order valence-corrected chi connectivity index (χ0v) is 13.9. The van der Waals surface area contributed by atoms with Crippen molar-refractivity contribution in [3.8, 4) is 5.75 Å². The van der Waals surface area contributed by atoms with Crippen LogP contribution in [0.4, 0.5) is 18.9 Å². The number of nitrogens with two attached hydrogens (primary N) is 1. The molecule has 0 fully saturated rings. The molecule has 0 aliphatic rings. The second-order valence-electron chi connectivity index (χ2n) is 4.45. The Bertz CT molecular complexity index is 699. The van der Waals surface area contributed by atoms with Gasteiger partial charge in [-0.2, -0.15) is 13.2 Å². The van der Waals surface area contributed by atoms with Gasteiger partial charge in [-0.05, 0) is 24.3 Å². The third-order valence-electron chi connectivity index (χ3n) is 2.77. The van der Waals surface area contributed by atoms with Gasteiger partial charge in [0.25, 0.3) is 0 Å². The summed E-state index contributed by atoms with van der Waals surface area (Å²) in [5.41, 5.74) is 1.62. The number of halogens is 4. The minimum Gasteiger partial charge on any atom is -0.484 e. The van der Waals surface area contributed by atoms with Crippen LogP contribution in [0.5, 0.6) is 5.75 Å². The van der Waals surface area contributed by atoms with Crippen molar-refractivity contribution in [1.29, 1.82) is 0 Å². The number of alkyl halides is 3. The fourth-order valence-corrected chi connectivity index (χ4v) is 1.95. The van der Waals surface area contributed by atoms with Crippen LogP contribution in [-0.2, 0) is 17.6 Å². The molecule has 25 heavy (non-hydrogen) atoms. The topological polar surface area (TPSA) is 89.3 Å². The average Bonchev–Trinajstić information content (AvgIpc) is 2.60. The van der Waals surface area contributed by atoms with E-state index in [4.69, 9.17) is 21.1 Å². The number of hydrogen-bond acceptors (Lipinski definition) is 5. The molecule has 0 aliphatic carbocycles. The maximum absolute atomic E-state index is 12.6. The Morgan fingerprint density at radius 1 is 1.28 bits per heavy atom. The van der Waals surface area contributed by atoms with Gasteiger partial charge in [-0.3, -0.25) is 10.2 Å². The van der Waals surface area contributed by atoms with Gasteiger partial charge >= 0.3 is 6.18 Å². The van der Waals surface area contributed by atoms with Crippen molar-refractivity contribution in [2.24, 2.45) is 5.84 Å². The fourth-order valence-electron chi connectivity index (χ4n) is 1.72. The van der Waals surface area contributed by atoms with Gasteiger partial charge in [0.2, 0.25) is 6.41 Å². The summed E-state index contributed by atoms with van der Waals surface area (Å²) in [6.07, 6.45) is -4.07. The van der Waals surface area contributed by atoms with Crippen LogP contribution in [0, 0.1) is 0 Å². The molecule has 0 radical (unpaired) electrons. The quantitative estimate of drug-likeness (QED) is 0.323. The van der Waals surface area contributed by atoms with Crippen LogP contribution >= 0.6 is 11.6 Å². The number of nitrogens with zero attached hydrogens (tertiary/aromatic N) is 1. The maximum atomic E-state index is 12.6. The van der Waals surface area contributed by atoms with Gasteiger partial charge < -0.3 is 10.1 Å². The molecule has 1 aromatic carbocycles. The van der Waals surface area contributed by atoms with Crippen molar-refractivity contribution >= 4 is 23.7 Å². The van der Waals surface area contributed by atoms with E-state index in [-0.39, 0.29) is 12.3 Å². The summed E-state index contributed by atoms with van der Waals surface area (Å²) >= 11 is 6.01. The van der Waals surface area contributed by atoms with E-state index in [2.05, 4.69) is 16.1 Å². The fraction of sp³-hybridized carbons (Fsp3) is 0.200. The summed E-state index contributed by atoms with van der Waals surface area (Å²) in [7, 11) is 1.70. The first-order valence-corrected chi connectivity index (χ1v) is 7.23. The lowest BCUT2D eigenvalue weighted by molar-refractivity contribution is -0.141. The molecule has 0 spiro atoms. The van der Waals surface area contributed by atoms with Crippen molar-refractivity contribution < 1.29 is 22.7 Å². The molecule has 2 rings (SSSR count). The van der Waals surface area contributed by atoms with Crippen molar-refractivity contribution in [2.45, 2.75) is 12.8 Å². The smallest absolute Gasteiger partial charge is 0.433 e. The number of rotatable bonds is 5. The number of pyridine rings is 1. The molecular formula is C15H16ClF3N4O2. The number of hydrazine groups is 1. The van der Waals surface area contributed by atoms with Gasteiger partial charge in [0, 0.05) is 7.05 Å². The highest BCUT2D eigenvalue weighted by molar-refractivity contribution is 6.32. The van der Waals surface area contributed by atoms with Crippen LogP contribution in [0.15, 0.2) is 36.4 Å². The van der Waals surface area contributed by atoms with Gasteiger partial charge in [0.15, 0.2) is 5.75 Å². The molecule has 0 unspecified atom stereocenters. The molecule has 6 nitrogen and oxygen atoms in total. The van der Waals surface area contributed by atoms with Gasteiger partial charge in [0.05, 0.1) is 16.4 Å². The molecule has 4 N–H and O–H groups in total. The predicted molar refractivity (Wildman–Crippen MR) is 88.0 cm³/mol. The molecule has 0 saturated carbocycles. The van der Waals surface area contributed by atoms with Crippen molar-refractivity contribution in [3.63, 3.8) is 0 Å². The van der Waals surface area contributed by atoms with Crippen molar-refractivity contribution in [1.82, 2.24) is 10.4 Å². The van der Waals surface area contributed by atoms with Crippen LogP contribution in [0.2, 0.25) is 5.02 Å². The minimum absolute atomic E-state index is 0.109. The van der Waals surface area contributed by atoms with E-state index in [1.165, 1.54) is 12.1 Å². The van der Waals surface area contributed by atoms with Crippen molar-refractivity contribution in [3.05, 3.63) is 52.8 Å². The summed E-state index contributed by atoms with van der Waals surface area (Å²) < 4.78 is 43.2. The lowest BCUT2D eigenvalue weighted by Crippen LogP contribution is -2.18. The van der Waals surface area contributed by atoms with Crippen LogP contribution < -0.4 is 21.3 Å². The third-order valence-corrected chi connectivity index (χ3v) is 3.06. The van der Waals surface area contributed by atoms with E-state index >= 15 is 0 Å². The summed E-state index contributed by atoms with van der Waals surface area (Å²) in [6.45, 7) is -0.109. The molecule has 0 atom stereocenters. The van der Waals surface area contributed by atoms with Crippen LogP contribution in [0.1, 0.15) is 11.4 Å². The monoisotopic (exact) mass is 376 g/mol. The number of amides is 1. The predicted octanol–water partition coefficient (Wildman–Crippen LogP) is 2.98. The Hall–Kier alpha value is -2.52. The summed E-state index contributed by atoms with van der Waals surface area (Å²) in [5, 5.41) is 3.27. The Morgan fingerprint density at radius 3 is 2.48 bits per heavy atom.